The van der Waals surface area contributed by atoms with E-state index in [0.29, 0.717) is 19.5 Å². The predicted octanol–water partition coefficient (Wildman–Crippen LogP) is -0.828. The normalized spacial score (nSPS) is 22.7. The monoisotopic (exact) mass is 215 g/mol. The maximum atomic E-state index is 11.3. The number of nitrogens with one attached hydrogen (secondary N) is 1. The van der Waals surface area contributed by atoms with Gasteiger partial charge in [-0.15, -0.1) is 0 Å². The SMILES string of the molecule is CN1CCOC(CNC(=O)CCCN)C1. The molecule has 1 aliphatic heterocycles. The fourth-order valence-corrected chi connectivity index (χ4v) is 1.57. The van der Waals surface area contributed by atoms with Gasteiger partial charge in [0.25, 0.3) is 0 Å². The molecule has 1 unspecified atom stereocenters. The molecule has 3 N–H and O–H groups in total. The predicted molar refractivity (Wildman–Crippen MR) is 58.5 cm³/mol. The van der Waals surface area contributed by atoms with Gasteiger partial charge in [-0.1, -0.05) is 0 Å². The van der Waals surface area contributed by atoms with Gasteiger partial charge in [-0.05, 0) is 20.0 Å². The summed E-state index contributed by atoms with van der Waals surface area (Å²) in [6.07, 6.45) is 1.39. The number of hydrogen-bond donors (Lipinski definition) is 2. The fourth-order valence-electron chi connectivity index (χ4n) is 1.57. The van der Waals surface area contributed by atoms with E-state index in [-0.39, 0.29) is 12.0 Å². The number of nitrogens with two attached hydrogens (primary N) is 1. The quantitative estimate of drug-likeness (QED) is 0.628. The van der Waals surface area contributed by atoms with Crippen molar-refractivity contribution in [3.8, 4) is 0 Å². The van der Waals surface area contributed by atoms with Crippen LogP contribution in [0.4, 0.5) is 0 Å². The van der Waals surface area contributed by atoms with E-state index in [0.717, 1.165) is 26.1 Å². The van der Waals surface area contributed by atoms with Gasteiger partial charge >= 0.3 is 0 Å². The molecule has 0 bridgehead atoms. The zero-order chi connectivity index (χ0) is 11.1. The topological polar surface area (TPSA) is 67.6 Å². The van der Waals surface area contributed by atoms with Crippen molar-refractivity contribution in [3.05, 3.63) is 0 Å². The van der Waals surface area contributed by atoms with Crippen LogP contribution < -0.4 is 11.1 Å². The number of carbonyl (C=O) groups excluding carboxylic acids is 1. The first-order valence-corrected chi connectivity index (χ1v) is 5.49. The number of amides is 1. The molecule has 0 aromatic carbocycles. The average molecular weight is 215 g/mol. The summed E-state index contributed by atoms with van der Waals surface area (Å²) in [5, 5.41) is 2.86. The van der Waals surface area contributed by atoms with Crippen LogP contribution in [0.5, 0.6) is 0 Å². The van der Waals surface area contributed by atoms with Gasteiger partial charge in [0.15, 0.2) is 0 Å². The van der Waals surface area contributed by atoms with Crippen molar-refractivity contribution >= 4 is 5.91 Å². The minimum Gasteiger partial charge on any atom is -0.374 e. The lowest BCUT2D eigenvalue weighted by Crippen LogP contribution is -2.45. The van der Waals surface area contributed by atoms with Crippen LogP contribution in [0.25, 0.3) is 0 Å². The molecular formula is C10H21N3O2. The van der Waals surface area contributed by atoms with Gasteiger partial charge in [-0.2, -0.15) is 0 Å². The molecule has 0 aromatic rings. The fraction of sp³-hybridized carbons (Fsp3) is 0.900. The highest BCUT2D eigenvalue weighted by atomic mass is 16.5. The summed E-state index contributed by atoms with van der Waals surface area (Å²) >= 11 is 0. The van der Waals surface area contributed by atoms with Crippen LogP contribution in [0.2, 0.25) is 0 Å². The van der Waals surface area contributed by atoms with Gasteiger partial charge in [0.1, 0.15) is 0 Å². The Morgan fingerprint density at radius 2 is 2.47 bits per heavy atom. The van der Waals surface area contributed by atoms with Crippen molar-refractivity contribution < 1.29 is 9.53 Å². The molecule has 88 valence electrons. The second-order valence-corrected chi connectivity index (χ2v) is 3.95. The zero-order valence-electron chi connectivity index (χ0n) is 9.37. The Morgan fingerprint density at radius 3 is 3.13 bits per heavy atom. The van der Waals surface area contributed by atoms with E-state index < -0.39 is 0 Å². The Kier molecular flexibility index (Phi) is 5.60. The molecule has 1 heterocycles. The van der Waals surface area contributed by atoms with Gasteiger partial charge in [-0.25, -0.2) is 0 Å². The Balaban J connectivity index is 2.10. The van der Waals surface area contributed by atoms with Crippen molar-refractivity contribution in [2.75, 3.05) is 39.8 Å². The molecule has 1 atom stereocenters. The van der Waals surface area contributed by atoms with E-state index >= 15 is 0 Å². The minimum atomic E-state index is 0.0669. The summed E-state index contributed by atoms with van der Waals surface area (Å²) in [4.78, 5) is 13.5. The van der Waals surface area contributed by atoms with Gasteiger partial charge in [-0.3, -0.25) is 4.79 Å². The van der Waals surface area contributed by atoms with Gasteiger partial charge in [0.2, 0.25) is 5.91 Å². The lowest BCUT2D eigenvalue weighted by atomic mass is 10.2. The molecule has 15 heavy (non-hydrogen) atoms. The van der Waals surface area contributed by atoms with Crippen LogP contribution in [-0.4, -0.2) is 56.7 Å². The van der Waals surface area contributed by atoms with Crippen molar-refractivity contribution in [2.45, 2.75) is 18.9 Å². The van der Waals surface area contributed by atoms with E-state index in [2.05, 4.69) is 17.3 Å². The second kappa shape index (κ2) is 6.76. The van der Waals surface area contributed by atoms with Crippen molar-refractivity contribution in [1.82, 2.24) is 10.2 Å². The summed E-state index contributed by atoms with van der Waals surface area (Å²) in [5.41, 5.74) is 5.32. The van der Waals surface area contributed by atoms with Crippen molar-refractivity contribution in [2.24, 2.45) is 5.73 Å². The molecular weight excluding hydrogens is 194 g/mol. The first-order chi connectivity index (χ1) is 7.22. The second-order valence-electron chi connectivity index (χ2n) is 3.95. The molecule has 0 aromatic heterocycles. The summed E-state index contributed by atoms with van der Waals surface area (Å²) < 4.78 is 5.52. The number of hydrogen-bond acceptors (Lipinski definition) is 4. The summed E-state index contributed by atoms with van der Waals surface area (Å²) in [5.74, 6) is 0.0669. The summed E-state index contributed by atoms with van der Waals surface area (Å²) in [7, 11) is 2.06. The van der Waals surface area contributed by atoms with Crippen LogP contribution in [0.3, 0.4) is 0 Å². The van der Waals surface area contributed by atoms with Crippen LogP contribution in [0.15, 0.2) is 0 Å². The standard InChI is InChI=1S/C10H21N3O2/c1-13-5-6-15-9(8-13)7-12-10(14)3-2-4-11/h9H,2-8,11H2,1H3,(H,12,14). The number of ether oxygens (including phenoxy) is 1. The smallest absolute Gasteiger partial charge is 0.220 e. The van der Waals surface area contributed by atoms with Gasteiger partial charge < -0.3 is 20.7 Å². The largest absolute Gasteiger partial charge is 0.374 e. The van der Waals surface area contributed by atoms with Crippen LogP contribution in [0, 0.1) is 0 Å². The zero-order valence-corrected chi connectivity index (χ0v) is 9.37. The molecule has 1 amide bonds. The maximum Gasteiger partial charge on any atom is 0.220 e. The molecule has 1 rings (SSSR count). The Bertz CT molecular complexity index is 199. The van der Waals surface area contributed by atoms with Crippen molar-refractivity contribution in [3.63, 3.8) is 0 Å². The first kappa shape index (κ1) is 12.4. The molecule has 5 heteroatoms. The van der Waals surface area contributed by atoms with E-state index in [1.165, 1.54) is 0 Å². The molecule has 0 saturated carbocycles. The van der Waals surface area contributed by atoms with Crippen LogP contribution >= 0.6 is 0 Å². The highest BCUT2D eigenvalue weighted by Crippen LogP contribution is 2.01. The number of likely N-dealkylation sites (N-methyl/N-ethyl adjacent to an activating group) is 1. The molecule has 0 spiro atoms. The Hall–Kier alpha value is -0.650. The molecule has 1 aliphatic rings. The maximum absolute atomic E-state index is 11.3. The highest BCUT2D eigenvalue weighted by molar-refractivity contribution is 5.75. The third kappa shape index (κ3) is 5.11. The minimum absolute atomic E-state index is 0.0669. The molecule has 5 nitrogen and oxygen atoms in total. The Labute approximate surface area is 90.9 Å². The molecule has 1 saturated heterocycles. The van der Waals surface area contributed by atoms with E-state index in [1.54, 1.807) is 0 Å². The number of rotatable bonds is 5. The number of nitrogens with zero attached hydrogens (tertiary/aromatic N) is 1. The third-order valence-corrected chi connectivity index (χ3v) is 2.48. The van der Waals surface area contributed by atoms with Crippen LogP contribution in [-0.2, 0) is 9.53 Å². The van der Waals surface area contributed by atoms with E-state index in [4.69, 9.17) is 10.5 Å². The lowest BCUT2D eigenvalue weighted by Gasteiger charge is -2.30. The summed E-state index contributed by atoms with van der Waals surface area (Å²) in [6, 6.07) is 0. The summed E-state index contributed by atoms with van der Waals surface area (Å²) in [6.45, 7) is 3.78. The van der Waals surface area contributed by atoms with Gasteiger partial charge in [0.05, 0.1) is 12.7 Å². The average Bonchev–Trinajstić information content (AvgIpc) is 2.23. The number of morpholine rings is 1. The molecule has 1 fully saturated rings. The first-order valence-electron chi connectivity index (χ1n) is 5.49. The third-order valence-electron chi connectivity index (χ3n) is 2.48. The number of carbonyl (C=O) groups is 1. The van der Waals surface area contributed by atoms with Gasteiger partial charge in [0, 0.05) is 26.1 Å². The van der Waals surface area contributed by atoms with E-state index in [1.807, 2.05) is 0 Å². The highest BCUT2D eigenvalue weighted by Gasteiger charge is 2.17. The Morgan fingerprint density at radius 1 is 1.67 bits per heavy atom. The van der Waals surface area contributed by atoms with E-state index in [9.17, 15) is 4.79 Å². The van der Waals surface area contributed by atoms with Crippen molar-refractivity contribution in [1.29, 1.82) is 0 Å². The molecule has 0 aliphatic carbocycles. The lowest BCUT2D eigenvalue weighted by molar-refractivity contribution is -0.122. The molecule has 0 radical (unpaired) electrons. The van der Waals surface area contributed by atoms with Crippen LogP contribution in [0.1, 0.15) is 12.8 Å².